The normalized spacial score (nSPS) is 12.5. The molecule has 0 amide bonds. The average Bonchev–Trinajstić information content (AvgIpc) is 2.97. The summed E-state index contributed by atoms with van der Waals surface area (Å²) in [6, 6.07) is 15.2. The summed E-state index contributed by atoms with van der Waals surface area (Å²) in [5, 5.41) is 3.64. The second-order valence-electron chi connectivity index (χ2n) is 4.91. The van der Waals surface area contributed by atoms with Crippen molar-refractivity contribution in [2.45, 2.75) is 38.6 Å². The fourth-order valence-electron chi connectivity index (χ4n) is 2.29. The van der Waals surface area contributed by atoms with Gasteiger partial charge in [-0.15, -0.1) is 0 Å². The van der Waals surface area contributed by atoms with E-state index in [-0.39, 0.29) is 0 Å². The summed E-state index contributed by atoms with van der Waals surface area (Å²) in [5.41, 5.74) is 1.40. The van der Waals surface area contributed by atoms with Crippen LogP contribution in [0.5, 0.6) is 0 Å². The van der Waals surface area contributed by atoms with Crippen LogP contribution in [0.1, 0.15) is 31.1 Å². The maximum Gasteiger partial charge on any atom is 0.103 e. The zero-order chi connectivity index (χ0) is 13.3. The monoisotopic (exact) mass is 257 g/mol. The van der Waals surface area contributed by atoms with Crippen LogP contribution in [0.15, 0.2) is 53.1 Å². The third kappa shape index (κ3) is 4.92. The Kier molecular flexibility index (Phi) is 5.70. The molecule has 1 unspecified atom stereocenters. The van der Waals surface area contributed by atoms with Crippen molar-refractivity contribution < 1.29 is 4.42 Å². The molecule has 0 aliphatic heterocycles. The lowest BCUT2D eigenvalue weighted by Crippen LogP contribution is -2.30. The Hall–Kier alpha value is -1.54. The molecule has 102 valence electrons. The Bertz CT molecular complexity index is 436. The largest absolute Gasteiger partial charge is 0.469 e. The Balaban J connectivity index is 1.67. The fourth-order valence-corrected chi connectivity index (χ4v) is 2.29. The van der Waals surface area contributed by atoms with E-state index in [2.05, 4.69) is 48.6 Å². The van der Waals surface area contributed by atoms with Gasteiger partial charge in [-0.1, -0.05) is 37.3 Å². The molecule has 0 radical (unpaired) electrons. The molecular weight excluding hydrogens is 234 g/mol. The summed E-state index contributed by atoms with van der Waals surface area (Å²) in [4.78, 5) is 0. The van der Waals surface area contributed by atoms with Crippen LogP contribution in [0.25, 0.3) is 0 Å². The molecule has 0 aliphatic carbocycles. The first kappa shape index (κ1) is 13.9. The average molecular weight is 257 g/mol. The third-order valence-electron chi connectivity index (χ3n) is 3.50. The zero-order valence-corrected chi connectivity index (χ0v) is 11.6. The lowest BCUT2D eigenvalue weighted by atomic mass is 10.1. The van der Waals surface area contributed by atoms with E-state index in [0.29, 0.717) is 6.04 Å². The number of hydrogen-bond donors (Lipinski definition) is 1. The minimum atomic E-state index is 0.578. The Morgan fingerprint density at radius 2 is 1.89 bits per heavy atom. The molecule has 2 aromatic rings. The van der Waals surface area contributed by atoms with Gasteiger partial charge in [0.2, 0.25) is 0 Å². The highest BCUT2D eigenvalue weighted by Gasteiger charge is 2.06. The van der Waals surface area contributed by atoms with Crippen molar-refractivity contribution in [1.29, 1.82) is 0 Å². The Morgan fingerprint density at radius 3 is 2.58 bits per heavy atom. The van der Waals surface area contributed by atoms with Crippen molar-refractivity contribution in [3.8, 4) is 0 Å². The molecule has 0 saturated carbocycles. The SMILES string of the molecule is CCC(CCc1ccco1)NCCc1ccccc1. The molecule has 1 aromatic carbocycles. The molecule has 2 nitrogen and oxygen atoms in total. The van der Waals surface area contributed by atoms with E-state index in [0.717, 1.165) is 38.0 Å². The number of benzene rings is 1. The van der Waals surface area contributed by atoms with E-state index in [1.165, 1.54) is 5.56 Å². The predicted molar refractivity (Wildman–Crippen MR) is 79.3 cm³/mol. The molecule has 0 spiro atoms. The highest BCUT2D eigenvalue weighted by atomic mass is 16.3. The second kappa shape index (κ2) is 7.80. The summed E-state index contributed by atoms with van der Waals surface area (Å²) in [6.45, 7) is 3.28. The molecule has 2 heteroatoms. The van der Waals surface area contributed by atoms with Crippen LogP contribution < -0.4 is 5.32 Å². The van der Waals surface area contributed by atoms with E-state index in [4.69, 9.17) is 4.42 Å². The molecular formula is C17H23NO. The van der Waals surface area contributed by atoms with Crippen molar-refractivity contribution in [2.24, 2.45) is 0 Å². The van der Waals surface area contributed by atoms with Gasteiger partial charge >= 0.3 is 0 Å². The van der Waals surface area contributed by atoms with Gasteiger partial charge in [-0.3, -0.25) is 0 Å². The number of nitrogens with one attached hydrogen (secondary N) is 1. The van der Waals surface area contributed by atoms with Crippen LogP contribution in [-0.2, 0) is 12.8 Å². The van der Waals surface area contributed by atoms with Crippen molar-refractivity contribution in [3.05, 3.63) is 60.1 Å². The molecule has 0 fully saturated rings. The molecule has 0 saturated heterocycles. The van der Waals surface area contributed by atoms with Crippen LogP contribution >= 0.6 is 0 Å². The molecule has 0 bridgehead atoms. The van der Waals surface area contributed by atoms with Gasteiger partial charge in [-0.2, -0.15) is 0 Å². The highest BCUT2D eigenvalue weighted by Crippen LogP contribution is 2.08. The van der Waals surface area contributed by atoms with Crippen LogP contribution in [0.4, 0.5) is 0 Å². The predicted octanol–water partition coefficient (Wildman–Crippen LogP) is 3.82. The van der Waals surface area contributed by atoms with Crippen LogP contribution in [0.3, 0.4) is 0 Å². The van der Waals surface area contributed by atoms with Gasteiger partial charge in [0.25, 0.3) is 0 Å². The van der Waals surface area contributed by atoms with Crippen molar-refractivity contribution in [1.82, 2.24) is 5.32 Å². The van der Waals surface area contributed by atoms with Crippen LogP contribution in [0.2, 0.25) is 0 Å². The van der Waals surface area contributed by atoms with Gasteiger partial charge in [0, 0.05) is 12.5 Å². The van der Waals surface area contributed by atoms with E-state index < -0.39 is 0 Å². The topological polar surface area (TPSA) is 25.2 Å². The summed E-state index contributed by atoms with van der Waals surface area (Å²) >= 11 is 0. The van der Waals surface area contributed by atoms with Gasteiger partial charge in [0.05, 0.1) is 6.26 Å². The molecule has 1 atom stereocenters. The standard InChI is InChI=1S/C17H23NO/c1-2-16(10-11-17-9-6-14-19-17)18-13-12-15-7-4-3-5-8-15/h3-9,14,16,18H,2,10-13H2,1H3. The lowest BCUT2D eigenvalue weighted by molar-refractivity contribution is 0.437. The molecule has 1 N–H and O–H groups in total. The summed E-state index contributed by atoms with van der Waals surface area (Å²) in [7, 11) is 0. The first-order chi connectivity index (χ1) is 9.38. The third-order valence-corrected chi connectivity index (χ3v) is 3.50. The van der Waals surface area contributed by atoms with Crippen molar-refractivity contribution in [2.75, 3.05) is 6.54 Å². The summed E-state index contributed by atoms with van der Waals surface area (Å²) in [6.07, 6.45) is 6.16. The summed E-state index contributed by atoms with van der Waals surface area (Å²) < 4.78 is 5.37. The minimum Gasteiger partial charge on any atom is -0.469 e. The fraction of sp³-hybridized carbons (Fsp3) is 0.412. The highest BCUT2D eigenvalue weighted by molar-refractivity contribution is 5.14. The molecule has 19 heavy (non-hydrogen) atoms. The van der Waals surface area contributed by atoms with Crippen molar-refractivity contribution >= 4 is 0 Å². The van der Waals surface area contributed by atoms with Crippen molar-refractivity contribution in [3.63, 3.8) is 0 Å². The Labute approximate surface area is 115 Å². The van der Waals surface area contributed by atoms with Crippen LogP contribution in [0, 0.1) is 0 Å². The van der Waals surface area contributed by atoms with E-state index in [1.54, 1.807) is 6.26 Å². The van der Waals surface area contributed by atoms with E-state index >= 15 is 0 Å². The first-order valence-electron chi connectivity index (χ1n) is 7.18. The lowest BCUT2D eigenvalue weighted by Gasteiger charge is -2.16. The van der Waals surface area contributed by atoms with Gasteiger partial charge in [0.1, 0.15) is 5.76 Å². The molecule has 0 aliphatic rings. The number of aryl methyl sites for hydroxylation is 1. The van der Waals surface area contributed by atoms with Gasteiger partial charge in [-0.25, -0.2) is 0 Å². The quantitative estimate of drug-likeness (QED) is 0.777. The van der Waals surface area contributed by atoms with E-state index in [1.807, 2.05) is 6.07 Å². The number of rotatable bonds is 8. The smallest absolute Gasteiger partial charge is 0.103 e. The maximum atomic E-state index is 5.37. The van der Waals surface area contributed by atoms with Gasteiger partial charge < -0.3 is 9.73 Å². The molecule has 1 aromatic heterocycles. The number of hydrogen-bond acceptors (Lipinski definition) is 2. The van der Waals surface area contributed by atoms with Gasteiger partial charge in [0.15, 0.2) is 0 Å². The summed E-state index contributed by atoms with van der Waals surface area (Å²) in [5.74, 6) is 1.09. The first-order valence-corrected chi connectivity index (χ1v) is 7.18. The number of furan rings is 1. The van der Waals surface area contributed by atoms with Crippen LogP contribution in [-0.4, -0.2) is 12.6 Å². The zero-order valence-electron chi connectivity index (χ0n) is 11.6. The maximum absolute atomic E-state index is 5.37. The molecule has 2 rings (SSSR count). The van der Waals surface area contributed by atoms with Gasteiger partial charge in [-0.05, 0) is 43.5 Å². The second-order valence-corrected chi connectivity index (χ2v) is 4.91. The Morgan fingerprint density at radius 1 is 1.05 bits per heavy atom. The minimum absolute atomic E-state index is 0.578. The van der Waals surface area contributed by atoms with E-state index in [9.17, 15) is 0 Å². The molecule has 1 heterocycles.